The summed E-state index contributed by atoms with van der Waals surface area (Å²) in [4.78, 5) is 0. The van der Waals surface area contributed by atoms with Crippen LogP contribution in [-0.4, -0.2) is 32.5 Å². The monoisotopic (exact) mass is 400 g/mol. The fourth-order valence-electron chi connectivity index (χ4n) is 2.33. The van der Waals surface area contributed by atoms with Crippen molar-refractivity contribution in [1.29, 1.82) is 0 Å². The normalized spacial score (nSPS) is 14.0. The lowest BCUT2D eigenvalue weighted by Gasteiger charge is -2.19. The van der Waals surface area contributed by atoms with Crippen molar-refractivity contribution in [2.75, 3.05) is 6.61 Å². The van der Waals surface area contributed by atoms with Gasteiger partial charge in [0.2, 0.25) is 0 Å². The van der Waals surface area contributed by atoms with Gasteiger partial charge in [0.1, 0.15) is 23.9 Å². The molecule has 0 aliphatic carbocycles. The largest absolute Gasteiger partial charge is 0.488 e. The number of benzene rings is 2. The second kappa shape index (κ2) is 6.61. The second-order valence-corrected chi connectivity index (χ2v) is 7.25. The van der Waals surface area contributed by atoms with Gasteiger partial charge in [0.15, 0.2) is 0 Å². The van der Waals surface area contributed by atoms with E-state index in [-0.39, 0.29) is 18.1 Å². The molecule has 0 radical (unpaired) electrons. The van der Waals surface area contributed by atoms with Crippen LogP contribution >= 0.6 is 0 Å². The lowest BCUT2D eigenvalue weighted by molar-refractivity contribution is 0.360. The van der Waals surface area contributed by atoms with Crippen molar-refractivity contribution >= 4 is 32.4 Å². The highest BCUT2D eigenvalue weighted by atomic mass is 32.3. The van der Waals surface area contributed by atoms with Crippen molar-refractivity contribution in [2.24, 2.45) is 0 Å². The quantitative estimate of drug-likeness (QED) is 0.722. The van der Waals surface area contributed by atoms with Crippen molar-refractivity contribution in [3.8, 4) is 17.2 Å². The lowest BCUT2D eigenvalue weighted by Crippen LogP contribution is -2.09. The van der Waals surface area contributed by atoms with Gasteiger partial charge in [0.25, 0.3) is 0 Å². The molecular formula is C15H12O9S2. The number of rotatable bonds is 5. The van der Waals surface area contributed by atoms with E-state index in [0.29, 0.717) is 11.3 Å². The Bertz CT molecular complexity index is 1070. The Morgan fingerprint density at radius 3 is 2.04 bits per heavy atom. The predicted molar refractivity (Wildman–Crippen MR) is 90.6 cm³/mol. The molecule has 0 spiro atoms. The molecule has 2 N–H and O–H groups in total. The van der Waals surface area contributed by atoms with E-state index in [9.17, 15) is 16.8 Å². The highest BCUT2D eigenvalue weighted by Crippen LogP contribution is 2.34. The minimum absolute atomic E-state index is 0.0408. The zero-order chi connectivity index (χ0) is 18.9. The van der Waals surface area contributed by atoms with Crippen molar-refractivity contribution in [1.82, 2.24) is 0 Å². The molecule has 1 aliphatic heterocycles. The van der Waals surface area contributed by atoms with Gasteiger partial charge in [-0.3, -0.25) is 9.11 Å². The third kappa shape index (κ3) is 4.73. The molecule has 0 saturated carbocycles. The fraction of sp³-hybridized carbons (Fsp3) is 0.0667. The Kier molecular flexibility index (Phi) is 4.63. The molecule has 0 saturated heterocycles. The summed E-state index contributed by atoms with van der Waals surface area (Å²) in [5.74, 6) is 0.247. The van der Waals surface area contributed by atoms with Gasteiger partial charge in [-0.2, -0.15) is 16.8 Å². The van der Waals surface area contributed by atoms with Gasteiger partial charge in [-0.05, 0) is 41.5 Å². The second-order valence-electron chi connectivity index (χ2n) is 5.20. The maximum absolute atomic E-state index is 10.7. The number of hydrogen-bond acceptors (Lipinski definition) is 7. The zero-order valence-corrected chi connectivity index (χ0v) is 14.5. The van der Waals surface area contributed by atoms with Crippen molar-refractivity contribution in [3.63, 3.8) is 0 Å². The highest BCUT2D eigenvalue weighted by Gasteiger charge is 2.16. The molecule has 0 fully saturated rings. The topological polar surface area (TPSA) is 136 Å². The first-order chi connectivity index (χ1) is 12.1. The summed E-state index contributed by atoms with van der Waals surface area (Å²) in [6.07, 6.45) is 1.80. The molecule has 0 bridgehead atoms. The van der Waals surface area contributed by atoms with Crippen LogP contribution < -0.4 is 13.1 Å². The van der Waals surface area contributed by atoms with E-state index in [1.54, 1.807) is 24.3 Å². The summed E-state index contributed by atoms with van der Waals surface area (Å²) in [5, 5.41) is 0. The van der Waals surface area contributed by atoms with Crippen LogP contribution in [0.5, 0.6) is 17.2 Å². The van der Waals surface area contributed by atoms with Crippen LogP contribution in [0.25, 0.3) is 11.6 Å². The van der Waals surface area contributed by atoms with E-state index in [4.69, 9.17) is 13.8 Å². The van der Waals surface area contributed by atoms with Gasteiger partial charge in [-0.25, -0.2) is 0 Å². The Labute approximate surface area is 149 Å². The minimum atomic E-state index is -4.62. The Hall–Kier alpha value is -2.60. The van der Waals surface area contributed by atoms with Gasteiger partial charge in [-0.15, -0.1) is 0 Å². The van der Waals surface area contributed by atoms with Gasteiger partial charge in [0.05, 0.1) is 0 Å². The van der Waals surface area contributed by atoms with Crippen LogP contribution in [0.2, 0.25) is 0 Å². The Morgan fingerprint density at radius 2 is 1.42 bits per heavy atom. The summed E-state index contributed by atoms with van der Waals surface area (Å²) in [6.45, 7) is 0.167. The zero-order valence-electron chi connectivity index (χ0n) is 12.9. The predicted octanol–water partition coefficient (Wildman–Crippen LogP) is 1.98. The first-order valence-electron chi connectivity index (χ1n) is 7.01. The van der Waals surface area contributed by atoms with Crippen LogP contribution in [0.15, 0.2) is 42.5 Å². The van der Waals surface area contributed by atoms with Gasteiger partial charge in [0, 0.05) is 11.6 Å². The van der Waals surface area contributed by atoms with E-state index < -0.39 is 20.8 Å². The van der Waals surface area contributed by atoms with Crippen molar-refractivity contribution < 1.29 is 39.0 Å². The van der Waals surface area contributed by atoms with Gasteiger partial charge < -0.3 is 13.1 Å². The molecule has 2 aromatic rings. The Morgan fingerprint density at radius 1 is 0.846 bits per heavy atom. The molecule has 0 aromatic heterocycles. The average molecular weight is 400 g/mol. The fourth-order valence-corrected chi connectivity index (χ4v) is 3.03. The molecule has 26 heavy (non-hydrogen) atoms. The maximum Gasteiger partial charge on any atom is 0.446 e. The smallest absolute Gasteiger partial charge is 0.446 e. The molecule has 3 rings (SSSR count). The molecule has 138 valence electrons. The van der Waals surface area contributed by atoms with Gasteiger partial charge in [-0.1, -0.05) is 12.1 Å². The van der Waals surface area contributed by atoms with E-state index >= 15 is 0 Å². The molecular weight excluding hydrogens is 388 g/mol. The summed E-state index contributed by atoms with van der Waals surface area (Å²) < 4.78 is 74.5. The SMILES string of the molecule is O=S(=O)(O)Oc1ccc(C2=Cc3ccc(OS(=O)(=O)O)cc3OC2)cc1. The summed E-state index contributed by atoms with van der Waals surface area (Å²) in [6, 6.07) is 10.2. The third-order valence-electron chi connectivity index (χ3n) is 3.33. The summed E-state index contributed by atoms with van der Waals surface area (Å²) in [7, 11) is -9.20. The van der Waals surface area contributed by atoms with Crippen LogP contribution in [-0.2, 0) is 20.8 Å². The third-order valence-corrected chi connectivity index (χ3v) is 4.13. The molecule has 0 atom stereocenters. The molecule has 2 aromatic carbocycles. The van der Waals surface area contributed by atoms with Crippen molar-refractivity contribution in [3.05, 3.63) is 53.6 Å². The molecule has 1 heterocycles. The van der Waals surface area contributed by atoms with E-state index in [0.717, 1.165) is 11.1 Å². The number of hydrogen-bond donors (Lipinski definition) is 2. The van der Waals surface area contributed by atoms with Crippen LogP contribution in [0.3, 0.4) is 0 Å². The summed E-state index contributed by atoms with van der Waals surface area (Å²) >= 11 is 0. The molecule has 0 unspecified atom stereocenters. The maximum atomic E-state index is 10.7. The number of fused-ring (bicyclic) bond motifs is 1. The van der Waals surface area contributed by atoms with Crippen molar-refractivity contribution in [2.45, 2.75) is 0 Å². The summed E-state index contributed by atoms with van der Waals surface area (Å²) in [5.41, 5.74) is 2.17. The molecule has 9 nitrogen and oxygen atoms in total. The van der Waals surface area contributed by atoms with E-state index in [1.165, 1.54) is 24.3 Å². The highest BCUT2D eigenvalue weighted by molar-refractivity contribution is 7.81. The standard InChI is InChI=1S/C15H12O9S2/c16-25(17,18)23-13-4-1-10(2-5-13)12-7-11-3-6-14(24-26(19,20)21)8-15(11)22-9-12/h1-8H,9H2,(H,16,17,18)(H,19,20,21). The molecule has 11 heteroatoms. The van der Waals surface area contributed by atoms with Crippen LogP contribution in [0, 0.1) is 0 Å². The van der Waals surface area contributed by atoms with E-state index in [1.807, 2.05) is 0 Å². The minimum Gasteiger partial charge on any atom is -0.488 e. The molecule has 1 aliphatic rings. The molecule has 0 amide bonds. The number of ether oxygens (including phenoxy) is 1. The lowest BCUT2D eigenvalue weighted by atomic mass is 10.0. The van der Waals surface area contributed by atoms with Gasteiger partial charge >= 0.3 is 20.8 Å². The first-order valence-corrected chi connectivity index (χ1v) is 9.74. The first kappa shape index (κ1) is 18.2. The van der Waals surface area contributed by atoms with Crippen LogP contribution in [0.4, 0.5) is 0 Å². The Balaban J connectivity index is 1.83. The van der Waals surface area contributed by atoms with E-state index in [2.05, 4.69) is 8.37 Å². The van der Waals surface area contributed by atoms with Crippen LogP contribution in [0.1, 0.15) is 11.1 Å². The average Bonchev–Trinajstić information content (AvgIpc) is 2.52.